The van der Waals surface area contributed by atoms with Crippen LogP contribution in [0.25, 0.3) is 0 Å². The Morgan fingerprint density at radius 1 is 0.468 bits per heavy atom. The number of esters is 3. The van der Waals surface area contributed by atoms with Crippen LogP contribution in [0.15, 0.2) is 0 Å². The molecule has 0 N–H and O–H groups in total. The van der Waals surface area contributed by atoms with Gasteiger partial charge in [0.05, 0.1) is 13.2 Å². The first kappa shape index (κ1) is 81.8. The van der Waals surface area contributed by atoms with Gasteiger partial charge in [-0.1, -0.05) is 131 Å². The molecule has 1 radical (unpaired) electrons. The molecule has 79 heavy (non-hydrogen) atoms. The van der Waals surface area contributed by atoms with Crippen LogP contribution in [0.3, 0.4) is 0 Å². The maximum absolute atomic E-state index is 12.8. The predicted octanol–water partition coefficient (Wildman–Crippen LogP) is 13.1. The van der Waals surface area contributed by atoms with E-state index >= 15 is 0 Å². The monoisotopic (exact) mass is 1200 g/mol. The summed E-state index contributed by atoms with van der Waals surface area (Å²) in [6.07, 6.45) is 29.9. The van der Waals surface area contributed by atoms with Crippen LogP contribution in [0.1, 0.15) is 234 Å². The molecular weight excluding hydrogens is 1080 g/mol. The van der Waals surface area contributed by atoms with Crippen LogP contribution in [0.4, 0.5) is 0 Å². The molecule has 0 aliphatic heterocycles. The summed E-state index contributed by atoms with van der Waals surface area (Å²) in [6.45, 7) is 22.2. The molecule has 0 amide bonds. The molecule has 0 aliphatic carbocycles. The summed E-state index contributed by atoms with van der Waals surface area (Å²) in [5.74, 6) is 4.75. The van der Waals surface area contributed by atoms with Crippen LogP contribution >= 0.6 is 0 Å². The van der Waals surface area contributed by atoms with Gasteiger partial charge in [0, 0.05) is 39.3 Å². The average molecular weight is 1200 g/mol. The Morgan fingerprint density at radius 2 is 0.873 bits per heavy atom. The van der Waals surface area contributed by atoms with Crippen molar-refractivity contribution in [1.29, 1.82) is 0 Å². The second-order valence-electron chi connectivity index (χ2n) is 20.9. The average Bonchev–Trinajstić information content (AvgIpc) is 3.43. The summed E-state index contributed by atoms with van der Waals surface area (Å²) in [7, 11) is 4.13. The molecule has 0 bridgehead atoms. The fourth-order valence-corrected chi connectivity index (χ4v) is 8.29. The quantitative estimate of drug-likeness (QED) is 0.0108. The fraction of sp³-hybridized carbons (Fsp3) is 0.889. The van der Waals surface area contributed by atoms with Gasteiger partial charge in [0.15, 0.2) is 0 Å². The summed E-state index contributed by atoms with van der Waals surface area (Å²) in [4.78, 5) is 45.4. The van der Waals surface area contributed by atoms with Crippen LogP contribution < -0.4 is 0 Å². The summed E-state index contributed by atoms with van der Waals surface area (Å²) >= 11 is 2.41. The molecule has 0 aliphatic rings. The molecule has 0 aromatic carbocycles. The molecule has 0 heterocycles. The van der Waals surface area contributed by atoms with Crippen molar-refractivity contribution in [3.05, 3.63) is 6.92 Å². The molecule has 16 heteroatoms. The van der Waals surface area contributed by atoms with Crippen LogP contribution in [-0.2, 0) is 92.5 Å². The smallest absolute Gasteiger partial charge is 0.372 e. The molecule has 0 saturated heterocycles. The maximum atomic E-state index is 12.8. The predicted molar refractivity (Wildman–Crippen MR) is 314 cm³/mol. The Hall–Kier alpha value is -1.44. The van der Waals surface area contributed by atoms with Gasteiger partial charge in [0.25, 0.3) is 0 Å². The normalized spacial score (nSPS) is 12.2. The zero-order chi connectivity index (χ0) is 57.6. The fourth-order valence-electron chi connectivity index (χ4n) is 8.00. The molecule has 0 fully saturated rings. The number of hydrogen-bond acceptors (Lipinski definition) is 14. The number of ether oxygens (including phenoxy) is 9. The van der Waals surface area contributed by atoms with Crippen molar-refractivity contribution >= 4 is 22.8 Å². The molecule has 0 saturated carbocycles. The van der Waals surface area contributed by atoms with Crippen LogP contribution in [0.5, 0.6) is 0 Å². The van der Waals surface area contributed by atoms with E-state index in [2.05, 4.69) is 99.1 Å². The van der Waals surface area contributed by atoms with Gasteiger partial charge in [-0.2, -0.15) is 6.92 Å². The van der Waals surface area contributed by atoms with E-state index in [0.717, 1.165) is 129 Å². The van der Waals surface area contributed by atoms with Crippen molar-refractivity contribution in [3.8, 4) is 11.8 Å². The van der Waals surface area contributed by atoms with E-state index in [1.807, 2.05) is 0 Å². The molecular formula is C63H118N2O12V2. The van der Waals surface area contributed by atoms with E-state index in [1.165, 1.54) is 57.8 Å². The van der Waals surface area contributed by atoms with E-state index in [1.54, 1.807) is 0 Å². The number of rotatable bonds is 59. The third-order valence-corrected chi connectivity index (χ3v) is 13.2. The molecule has 462 valence electrons. The molecule has 0 aromatic rings. The minimum Gasteiger partial charge on any atom is -0.372 e. The zero-order valence-electron chi connectivity index (χ0n) is 51.7. The number of hydrogen-bond donors (Lipinski definition) is 0. The number of carbonyl (C=O) groups excluding carboxylic acids is 3. The summed E-state index contributed by atoms with van der Waals surface area (Å²) in [5, 5.41) is 0. The minimum absolute atomic E-state index is 0. The van der Waals surface area contributed by atoms with Gasteiger partial charge in [-0.15, -0.1) is 0 Å². The Bertz CT molecular complexity index is 1370. The Labute approximate surface area is 506 Å². The zero-order valence-corrected chi connectivity index (χ0v) is 54.4. The van der Waals surface area contributed by atoms with Crippen molar-refractivity contribution in [1.82, 2.24) is 9.80 Å². The largest absolute Gasteiger partial charge is 2.00 e. The van der Waals surface area contributed by atoms with Gasteiger partial charge in [0.1, 0.15) is 25.4 Å². The van der Waals surface area contributed by atoms with Crippen LogP contribution in [0, 0.1) is 24.7 Å². The Morgan fingerprint density at radius 3 is 1.28 bits per heavy atom. The standard InChI is InChI=1S/C57H109N2O12.C6H9.2V/c1-8-12-16-28-39-63-47-53(67-42-31-18-14-10-3)49-70-56(61)35-25-21-20-24-30-41-65-51-66-45-52(44-59(7)38-33-37-58(5)6)46-69-55(60)34-26-22-23-27-36-57(62)71-50-54(68-43-32-19-15-11-4)48-64-40-29-17-13-9-2;1-3-5-6-4-2;;/h52-54H,8-51H2,1-6H3;1,4,6H2,2H3;;/q2*-1;;+2. The van der Waals surface area contributed by atoms with Crippen molar-refractivity contribution in [2.24, 2.45) is 5.92 Å². The van der Waals surface area contributed by atoms with Gasteiger partial charge in [0.2, 0.25) is 0 Å². The first-order valence-electron chi connectivity index (χ1n) is 31.2. The van der Waals surface area contributed by atoms with Crippen molar-refractivity contribution < 1.29 is 92.5 Å². The number of carbonyl (C=O) groups is 3. The first-order chi connectivity index (χ1) is 38.1. The SMILES string of the molecule is CCCCCCOCC(COC(=O)CCCCCCCOCOCC(COC(=O)CCCCCCC(=O)OCC(COCCCCCC)OCCCCCC)CN([C-]=[V])CCCN(C)C)OCCCCCC.[CH2-]C#CCCC.[V+2]. The van der Waals surface area contributed by atoms with Gasteiger partial charge in [-0.25, -0.2) is 0 Å². The van der Waals surface area contributed by atoms with E-state index in [9.17, 15) is 14.4 Å². The van der Waals surface area contributed by atoms with Crippen molar-refractivity contribution in [3.63, 3.8) is 0 Å². The van der Waals surface area contributed by atoms with E-state index in [-0.39, 0.29) is 81.2 Å². The van der Waals surface area contributed by atoms with E-state index < -0.39 is 0 Å². The van der Waals surface area contributed by atoms with Crippen LogP contribution in [0.2, 0.25) is 0 Å². The third-order valence-electron chi connectivity index (χ3n) is 12.8. The summed E-state index contributed by atoms with van der Waals surface area (Å²) in [5.41, 5.74) is 0. The Balaban J connectivity index is -0.00000776. The van der Waals surface area contributed by atoms with Gasteiger partial charge >= 0.3 is 211 Å². The maximum Gasteiger partial charge on any atom is 2.00 e. The molecule has 3 unspecified atom stereocenters. The summed E-state index contributed by atoms with van der Waals surface area (Å²) in [6, 6.07) is 0. The number of unbranched alkanes of at least 4 members (excludes halogenated alkanes) is 20. The molecule has 3 atom stereocenters. The number of nitrogens with zero attached hydrogens (tertiary/aromatic N) is 2. The molecule has 0 rings (SSSR count). The minimum atomic E-state index is -0.244. The van der Waals surface area contributed by atoms with Gasteiger partial charge < -0.3 is 34.3 Å². The van der Waals surface area contributed by atoms with Gasteiger partial charge in [-0.05, 0) is 32.1 Å². The summed E-state index contributed by atoms with van der Waals surface area (Å²) < 4.78 is 52.5. The molecule has 14 nitrogen and oxygen atoms in total. The molecule has 0 aromatic heterocycles. The topological polar surface area (TPSA) is 141 Å². The van der Waals surface area contributed by atoms with Crippen molar-refractivity contribution in [2.75, 3.05) is 113 Å². The third kappa shape index (κ3) is 64.0. The first-order valence-corrected chi connectivity index (χ1v) is 31.8. The van der Waals surface area contributed by atoms with Crippen LogP contribution in [-0.4, -0.2) is 158 Å². The van der Waals surface area contributed by atoms with Crippen molar-refractivity contribution in [2.45, 2.75) is 246 Å². The van der Waals surface area contributed by atoms with Gasteiger partial charge in [-0.3, -0.25) is 15.5 Å². The van der Waals surface area contributed by atoms with E-state index in [0.29, 0.717) is 84.9 Å². The molecule has 0 spiro atoms. The Kier molecular flexibility index (Phi) is 69.7. The second kappa shape index (κ2) is 67.4. The van der Waals surface area contributed by atoms with E-state index in [4.69, 9.17) is 42.6 Å². The second-order valence-corrected chi connectivity index (χ2v) is 21.2.